The van der Waals surface area contributed by atoms with E-state index in [-0.39, 0.29) is 11.5 Å². The van der Waals surface area contributed by atoms with Crippen LogP contribution in [0.2, 0.25) is 0 Å². The second kappa shape index (κ2) is 9.18. The van der Waals surface area contributed by atoms with Crippen LogP contribution in [0, 0.1) is 12.7 Å². The maximum atomic E-state index is 14.0. The topological polar surface area (TPSA) is 65.5 Å². The molecule has 0 spiro atoms. The van der Waals surface area contributed by atoms with E-state index < -0.39 is 11.7 Å². The Labute approximate surface area is 186 Å². The van der Waals surface area contributed by atoms with Crippen molar-refractivity contribution in [3.63, 3.8) is 0 Å². The van der Waals surface area contributed by atoms with Gasteiger partial charge in [0.1, 0.15) is 0 Å². The van der Waals surface area contributed by atoms with Gasteiger partial charge in [-0.3, -0.25) is 9.59 Å². The number of hydrogen-bond donors (Lipinski definition) is 1. The third kappa shape index (κ3) is 4.46. The van der Waals surface area contributed by atoms with E-state index in [1.165, 1.54) is 36.5 Å². The number of ketones is 1. The van der Waals surface area contributed by atoms with Crippen molar-refractivity contribution in [1.82, 2.24) is 4.98 Å². The predicted molar refractivity (Wildman–Crippen MR) is 124 cm³/mol. The molecule has 0 bridgehead atoms. The summed E-state index contributed by atoms with van der Waals surface area (Å²) in [5.74, 6) is -1.45. The molecule has 0 radical (unpaired) electrons. The van der Waals surface area contributed by atoms with Gasteiger partial charge in [-0.25, -0.2) is 9.37 Å². The standard InChI is InChI=1S/C25H25FN4O2/c1-17-6-3-4-8-22(17)29-12-14-30(15-13-29)23-10-9-19(18(2)31)16-21(23)28-25(32)24-20(26)7-5-11-27-24/h3-11,16H,12-15H2,1-2H3,(H,28,32). The van der Waals surface area contributed by atoms with Gasteiger partial charge in [-0.15, -0.1) is 0 Å². The Balaban J connectivity index is 1.57. The van der Waals surface area contributed by atoms with Crippen molar-refractivity contribution >= 4 is 28.8 Å². The molecule has 1 N–H and O–H groups in total. The van der Waals surface area contributed by atoms with Crippen LogP contribution in [-0.4, -0.2) is 42.9 Å². The molecule has 1 saturated heterocycles. The molecule has 2 heterocycles. The Kier molecular flexibility index (Phi) is 6.16. The number of piperazine rings is 1. The second-order valence-corrected chi connectivity index (χ2v) is 7.84. The molecule has 0 saturated carbocycles. The number of nitrogens with one attached hydrogen (secondary N) is 1. The lowest BCUT2D eigenvalue weighted by Gasteiger charge is -2.38. The van der Waals surface area contributed by atoms with E-state index in [2.05, 4.69) is 39.2 Å². The average Bonchev–Trinajstić information content (AvgIpc) is 2.80. The summed E-state index contributed by atoms with van der Waals surface area (Å²) >= 11 is 0. The number of aromatic nitrogens is 1. The fourth-order valence-corrected chi connectivity index (χ4v) is 3.97. The van der Waals surface area contributed by atoms with E-state index >= 15 is 0 Å². The number of Topliss-reactive ketones (excluding diaryl/α,β-unsaturated/α-hetero) is 1. The zero-order valence-electron chi connectivity index (χ0n) is 18.1. The summed E-state index contributed by atoms with van der Waals surface area (Å²) < 4.78 is 14.0. The van der Waals surface area contributed by atoms with Gasteiger partial charge in [0.25, 0.3) is 5.91 Å². The van der Waals surface area contributed by atoms with E-state index in [9.17, 15) is 14.0 Å². The number of anilines is 3. The Morgan fingerprint density at radius 3 is 2.28 bits per heavy atom. The highest BCUT2D eigenvalue weighted by atomic mass is 19.1. The van der Waals surface area contributed by atoms with Crippen molar-refractivity contribution in [2.24, 2.45) is 0 Å². The van der Waals surface area contributed by atoms with E-state index in [4.69, 9.17) is 0 Å². The highest BCUT2D eigenvalue weighted by Gasteiger charge is 2.23. The number of halogens is 1. The largest absolute Gasteiger partial charge is 0.368 e. The van der Waals surface area contributed by atoms with Gasteiger partial charge in [-0.2, -0.15) is 0 Å². The van der Waals surface area contributed by atoms with Gasteiger partial charge in [-0.05, 0) is 55.8 Å². The van der Waals surface area contributed by atoms with Gasteiger partial charge in [0.2, 0.25) is 0 Å². The molecule has 6 nitrogen and oxygen atoms in total. The van der Waals surface area contributed by atoms with E-state index in [0.717, 1.165) is 31.9 Å². The summed E-state index contributed by atoms with van der Waals surface area (Å²) in [6.45, 7) is 6.71. The molecule has 4 rings (SSSR count). The van der Waals surface area contributed by atoms with Gasteiger partial charge < -0.3 is 15.1 Å². The molecule has 164 valence electrons. The first-order valence-electron chi connectivity index (χ1n) is 10.6. The molecular weight excluding hydrogens is 407 g/mol. The molecule has 2 aromatic carbocycles. The number of carbonyl (C=O) groups excluding carboxylic acids is 2. The number of rotatable bonds is 5. The Morgan fingerprint density at radius 2 is 1.62 bits per heavy atom. The molecule has 1 amide bonds. The molecule has 1 aliphatic heterocycles. The second-order valence-electron chi connectivity index (χ2n) is 7.84. The van der Waals surface area contributed by atoms with Gasteiger partial charge in [0, 0.05) is 43.6 Å². The summed E-state index contributed by atoms with van der Waals surface area (Å²) in [5.41, 5.74) is 3.91. The van der Waals surface area contributed by atoms with Crippen LogP contribution in [0.15, 0.2) is 60.8 Å². The first-order chi connectivity index (χ1) is 15.4. The van der Waals surface area contributed by atoms with Crippen LogP contribution in [0.3, 0.4) is 0 Å². The first-order valence-corrected chi connectivity index (χ1v) is 10.6. The molecule has 0 atom stereocenters. The molecule has 32 heavy (non-hydrogen) atoms. The molecule has 3 aromatic rings. The quantitative estimate of drug-likeness (QED) is 0.609. The molecular formula is C25H25FN4O2. The van der Waals surface area contributed by atoms with E-state index in [0.29, 0.717) is 11.3 Å². The lowest BCUT2D eigenvalue weighted by molar-refractivity contribution is 0.100. The van der Waals surface area contributed by atoms with Gasteiger partial charge in [-0.1, -0.05) is 18.2 Å². The fraction of sp³-hybridized carbons (Fsp3) is 0.240. The minimum Gasteiger partial charge on any atom is -0.368 e. The van der Waals surface area contributed by atoms with Crippen LogP contribution in [0.25, 0.3) is 0 Å². The molecule has 1 aliphatic rings. The van der Waals surface area contributed by atoms with Crippen molar-refractivity contribution in [3.05, 3.63) is 83.4 Å². The van der Waals surface area contributed by atoms with Crippen LogP contribution < -0.4 is 15.1 Å². The van der Waals surface area contributed by atoms with Crippen molar-refractivity contribution in [2.75, 3.05) is 41.3 Å². The van der Waals surface area contributed by atoms with Crippen molar-refractivity contribution < 1.29 is 14.0 Å². The maximum Gasteiger partial charge on any atom is 0.277 e. The molecule has 1 aromatic heterocycles. The van der Waals surface area contributed by atoms with Gasteiger partial charge in [0.15, 0.2) is 17.3 Å². The van der Waals surface area contributed by atoms with Crippen LogP contribution in [0.1, 0.15) is 33.3 Å². The summed E-state index contributed by atoms with van der Waals surface area (Å²) in [7, 11) is 0. The average molecular weight is 432 g/mol. The molecule has 1 fully saturated rings. The number of nitrogens with zero attached hydrogens (tertiary/aromatic N) is 3. The SMILES string of the molecule is CC(=O)c1ccc(N2CCN(c3ccccc3C)CC2)c(NC(=O)c2ncccc2F)c1. The van der Waals surface area contributed by atoms with Crippen molar-refractivity contribution in [2.45, 2.75) is 13.8 Å². The molecule has 0 unspecified atom stereocenters. The lowest BCUT2D eigenvalue weighted by atomic mass is 10.1. The number of hydrogen-bond acceptors (Lipinski definition) is 5. The summed E-state index contributed by atoms with van der Waals surface area (Å²) in [6, 6.07) is 16.2. The van der Waals surface area contributed by atoms with E-state index in [1.54, 1.807) is 12.1 Å². The first kappa shape index (κ1) is 21.5. The highest BCUT2D eigenvalue weighted by molar-refractivity contribution is 6.06. The third-order valence-electron chi connectivity index (χ3n) is 5.70. The normalized spacial score (nSPS) is 13.7. The Morgan fingerprint density at radius 1 is 0.938 bits per heavy atom. The van der Waals surface area contributed by atoms with Crippen LogP contribution in [0.5, 0.6) is 0 Å². The molecule has 7 heteroatoms. The summed E-state index contributed by atoms with van der Waals surface area (Å²) in [5, 5.41) is 2.76. The monoisotopic (exact) mass is 432 g/mol. The van der Waals surface area contributed by atoms with Crippen molar-refractivity contribution in [1.29, 1.82) is 0 Å². The van der Waals surface area contributed by atoms with E-state index in [1.807, 2.05) is 18.2 Å². The number of pyridine rings is 1. The predicted octanol–water partition coefficient (Wildman–Crippen LogP) is 4.31. The maximum absolute atomic E-state index is 14.0. The van der Waals surface area contributed by atoms with Crippen molar-refractivity contribution in [3.8, 4) is 0 Å². The number of benzene rings is 2. The van der Waals surface area contributed by atoms with Crippen LogP contribution in [0.4, 0.5) is 21.5 Å². The number of carbonyl (C=O) groups is 2. The highest BCUT2D eigenvalue weighted by Crippen LogP contribution is 2.30. The van der Waals surface area contributed by atoms with Gasteiger partial charge in [0.05, 0.1) is 11.4 Å². The minimum absolute atomic E-state index is 0.111. The summed E-state index contributed by atoms with van der Waals surface area (Å²) in [4.78, 5) is 33.0. The minimum atomic E-state index is -0.693. The smallest absolute Gasteiger partial charge is 0.277 e. The molecule has 0 aliphatic carbocycles. The third-order valence-corrected chi connectivity index (χ3v) is 5.70. The fourth-order valence-electron chi connectivity index (χ4n) is 3.97. The number of aryl methyl sites for hydroxylation is 1. The van der Waals surface area contributed by atoms with Crippen LogP contribution >= 0.6 is 0 Å². The number of para-hydroxylation sites is 1. The Bertz CT molecular complexity index is 1160. The number of amides is 1. The Hall–Kier alpha value is -3.74. The lowest BCUT2D eigenvalue weighted by Crippen LogP contribution is -2.47. The van der Waals surface area contributed by atoms with Crippen LogP contribution in [-0.2, 0) is 0 Å². The zero-order chi connectivity index (χ0) is 22.7. The van der Waals surface area contributed by atoms with Gasteiger partial charge >= 0.3 is 0 Å². The zero-order valence-corrected chi connectivity index (χ0v) is 18.1. The summed E-state index contributed by atoms with van der Waals surface area (Å²) in [6.07, 6.45) is 1.37.